The van der Waals surface area contributed by atoms with Gasteiger partial charge in [-0.05, 0) is 23.8 Å². The van der Waals surface area contributed by atoms with E-state index in [9.17, 15) is 5.11 Å². The van der Waals surface area contributed by atoms with Gasteiger partial charge < -0.3 is 10.0 Å². The number of aliphatic hydroxyl groups is 1. The molecule has 2 nitrogen and oxygen atoms in total. The fourth-order valence-electron chi connectivity index (χ4n) is 1.43. The molecule has 2 heteroatoms. The first-order valence-corrected chi connectivity index (χ1v) is 4.90. The van der Waals surface area contributed by atoms with Gasteiger partial charge >= 0.3 is 0 Å². The van der Waals surface area contributed by atoms with Crippen molar-refractivity contribution >= 4 is 0 Å². The molecule has 0 amide bonds. The second kappa shape index (κ2) is 4.51. The summed E-state index contributed by atoms with van der Waals surface area (Å²) in [6.45, 7) is 0.814. The van der Waals surface area contributed by atoms with E-state index in [0.717, 1.165) is 6.54 Å². The average molecular weight is 199 g/mol. The second-order valence-electron chi connectivity index (χ2n) is 3.41. The summed E-state index contributed by atoms with van der Waals surface area (Å²) in [4.78, 5) is 2.02. The lowest BCUT2D eigenvalue weighted by atomic mass is 10.2. The first kappa shape index (κ1) is 9.59. The number of nitrogens with zero attached hydrogens (tertiary/aromatic N) is 1. The first-order chi connectivity index (χ1) is 7.34. The summed E-state index contributed by atoms with van der Waals surface area (Å²) >= 11 is 0. The van der Waals surface area contributed by atoms with Crippen LogP contribution in [0.15, 0.2) is 66.7 Å². The van der Waals surface area contributed by atoms with Crippen molar-refractivity contribution in [2.24, 2.45) is 0 Å². The molecule has 0 saturated carbocycles. The van der Waals surface area contributed by atoms with Crippen LogP contribution in [-0.2, 0) is 6.54 Å². The number of benzene rings is 1. The van der Waals surface area contributed by atoms with Crippen LogP contribution in [0.2, 0.25) is 0 Å². The summed E-state index contributed by atoms with van der Waals surface area (Å²) in [7, 11) is 0. The molecule has 76 valence electrons. The molecule has 0 fully saturated rings. The van der Waals surface area contributed by atoms with Crippen molar-refractivity contribution < 1.29 is 5.11 Å². The maximum Gasteiger partial charge on any atom is 0.117 e. The Bertz CT molecular complexity index is 404. The molecule has 0 saturated heterocycles. The maximum atomic E-state index is 9.27. The highest BCUT2D eigenvalue weighted by Crippen LogP contribution is 2.08. The molecule has 1 aliphatic rings. The van der Waals surface area contributed by atoms with E-state index < -0.39 is 0 Å². The molecule has 0 aromatic heterocycles. The molecule has 1 N–H and O–H groups in total. The lowest BCUT2D eigenvalue weighted by molar-refractivity contribution is 0.429. The summed E-state index contributed by atoms with van der Waals surface area (Å²) in [6.07, 6.45) is 8.98. The maximum absolute atomic E-state index is 9.27. The molecule has 1 heterocycles. The quantitative estimate of drug-likeness (QED) is 0.791. The Kier molecular flexibility index (Phi) is 2.88. The van der Waals surface area contributed by atoms with Gasteiger partial charge in [0.05, 0.1) is 0 Å². The summed E-state index contributed by atoms with van der Waals surface area (Å²) in [6, 6.07) is 10.2. The monoisotopic (exact) mass is 199 g/mol. The molecule has 2 rings (SSSR count). The number of aliphatic hydroxyl groups excluding tert-OH is 1. The van der Waals surface area contributed by atoms with Crippen LogP contribution in [0.5, 0.6) is 0 Å². The number of allylic oxidation sites excluding steroid dienone is 3. The SMILES string of the molecule is OC1=CC=CN(Cc2ccccc2)C=C1. The van der Waals surface area contributed by atoms with Crippen molar-refractivity contribution in [1.82, 2.24) is 4.90 Å². The van der Waals surface area contributed by atoms with Crippen molar-refractivity contribution in [1.29, 1.82) is 0 Å². The molecule has 0 atom stereocenters. The normalized spacial score (nSPS) is 14.9. The van der Waals surface area contributed by atoms with E-state index in [4.69, 9.17) is 0 Å². The molecule has 1 aromatic carbocycles. The molecule has 0 aliphatic carbocycles. The van der Waals surface area contributed by atoms with Crippen LogP contribution in [-0.4, -0.2) is 10.0 Å². The summed E-state index contributed by atoms with van der Waals surface area (Å²) in [5.74, 6) is 0.279. The third-order valence-electron chi connectivity index (χ3n) is 2.19. The lowest BCUT2D eigenvalue weighted by Gasteiger charge is -2.14. The third-order valence-corrected chi connectivity index (χ3v) is 2.19. The Morgan fingerprint density at radius 1 is 1.07 bits per heavy atom. The highest BCUT2D eigenvalue weighted by molar-refractivity contribution is 5.22. The number of hydrogen-bond acceptors (Lipinski definition) is 2. The topological polar surface area (TPSA) is 23.5 Å². The van der Waals surface area contributed by atoms with Crippen LogP contribution in [0.1, 0.15) is 5.56 Å². The Hall–Kier alpha value is -1.96. The molecular weight excluding hydrogens is 186 g/mol. The van der Waals surface area contributed by atoms with Gasteiger partial charge in [0, 0.05) is 18.9 Å². The zero-order chi connectivity index (χ0) is 10.5. The Balaban J connectivity index is 2.06. The van der Waals surface area contributed by atoms with Crippen LogP contribution in [0.25, 0.3) is 0 Å². The van der Waals surface area contributed by atoms with Gasteiger partial charge in [-0.15, -0.1) is 0 Å². The molecule has 1 aromatic rings. The molecule has 1 aliphatic heterocycles. The summed E-state index contributed by atoms with van der Waals surface area (Å²) < 4.78 is 0. The van der Waals surface area contributed by atoms with Gasteiger partial charge in [-0.3, -0.25) is 0 Å². The van der Waals surface area contributed by atoms with Gasteiger partial charge in [0.25, 0.3) is 0 Å². The highest BCUT2D eigenvalue weighted by atomic mass is 16.3. The van der Waals surface area contributed by atoms with Crippen LogP contribution < -0.4 is 0 Å². The molecule has 0 spiro atoms. The van der Waals surface area contributed by atoms with Crippen LogP contribution >= 0.6 is 0 Å². The van der Waals surface area contributed by atoms with Gasteiger partial charge in [0.1, 0.15) is 5.76 Å². The van der Waals surface area contributed by atoms with Crippen molar-refractivity contribution in [3.05, 3.63) is 72.3 Å². The minimum absolute atomic E-state index is 0.279. The van der Waals surface area contributed by atoms with Gasteiger partial charge in [0.15, 0.2) is 0 Å². The minimum Gasteiger partial charge on any atom is -0.508 e. The lowest BCUT2D eigenvalue weighted by Crippen LogP contribution is -2.08. The van der Waals surface area contributed by atoms with Crippen molar-refractivity contribution in [3.8, 4) is 0 Å². The minimum atomic E-state index is 0.279. The van der Waals surface area contributed by atoms with Crippen molar-refractivity contribution in [2.75, 3.05) is 0 Å². The van der Waals surface area contributed by atoms with Gasteiger partial charge in [-0.2, -0.15) is 0 Å². The standard InChI is InChI=1S/C13H13NO/c15-13-7-4-9-14(10-8-13)11-12-5-2-1-3-6-12/h1-10,15H,11H2. The van der Waals surface area contributed by atoms with Gasteiger partial charge in [-0.1, -0.05) is 30.3 Å². The molecule has 15 heavy (non-hydrogen) atoms. The van der Waals surface area contributed by atoms with Gasteiger partial charge in [-0.25, -0.2) is 0 Å². The number of hydrogen-bond donors (Lipinski definition) is 1. The number of rotatable bonds is 2. The molecule has 0 bridgehead atoms. The van der Waals surface area contributed by atoms with Crippen LogP contribution in [0.3, 0.4) is 0 Å². The summed E-state index contributed by atoms with van der Waals surface area (Å²) in [5.41, 5.74) is 1.24. The Morgan fingerprint density at radius 2 is 1.87 bits per heavy atom. The van der Waals surface area contributed by atoms with E-state index in [2.05, 4.69) is 12.1 Å². The van der Waals surface area contributed by atoms with Crippen molar-refractivity contribution in [3.63, 3.8) is 0 Å². The first-order valence-electron chi connectivity index (χ1n) is 4.90. The van der Waals surface area contributed by atoms with Gasteiger partial charge in [0.2, 0.25) is 0 Å². The predicted molar refractivity (Wildman–Crippen MR) is 61.0 cm³/mol. The van der Waals surface area contributed by atoms with E-state index >= 15 is 0 Å². The van der Waals surface area contributed by atoms with E-state index in [0.29, 0.717) is 0 Å². The predicted octanol–water partition coefficient (Wildman–Crippen LogP) is 2.97. The average Bonchev–Trinajstić information content (AvgIpc) is 2.46. The van der Waals surface area contributed by atoms with E-state index in [1.54, 1.807) is 12.2 Å². The smallest absolute Gasteiger partial charge is 0.117 e. The third kappa shape index (κ3) is 2.74. The highest BCUT2D eigenvalue weighted by Gasteiger charge is 1.98. The zero-order valence-electron chi connectivity index (χ0n) is 8.38. The van der Waals surface area contributed by atoms with E-state index in [1.165, 1.54) is 5.56 Å². The fourth-order valence-corrected chi connectivity index (χ4v) is 1.43. The Morgan fingerprint density at radius 3 is 2.67 bits per heavy atom. The van der Waals surface area contributed by atoms with E-state index in [1.807, 2.05) is 41.6 Å². The Labute approximate surface area is 89.5 Å². The van der Waals surface area contributed by atoms with E-state index in [-0.39, 0.29) is 5.76 Å². The second-order valence-corrected chi connectivity index (χ2v) is 3.41. The zero-order valence-corrected chi connectivity index (χ0v) is 8.38. The van der Waals surface area contributed by atoms with Crippen LogP contribution in [0.4, 0.5) is 0 Å². The largest absolute Gasteiger partial charge is 0.508 e. The fraction of sp³-hybridized carbons (Fsp3) is 0.0769. The molecule has 0 radical (unpaired) electrons. The van der Waals surface area contributed by atoms with Crippen LogP contribution in [0, 0.1) is 0 Å². The summed E-state index contributed by atoms with van der Waals surface area (Å²) in [5, 5.41) is 9.27. The van der Waals surface area contributed by atoms with Crippen molar-refractivity contribution in [2.45, 2.75) is 6.54 Å². The molecule has 0 unspecified atom stereocenters. The molecular formula is C13H13NO.